The summed E-state index contributed by atoms with van der Waals surface area (Å²) >= 11 is 0. The predicted molar refractivity (Wildman–Crippen MR) is 115 cm³/mol. The van der Waals surface area contributed by atoms with Gasteiger partial charge in [-0.1, -0.05) is 13.3 Å². The van der Waals surface area contributed by atoms with E-state index in [4.69, 9.17) is 0 Å². The maximum atomic E-state index is 12.5. The van der Waals surface area contributed by atoms with Gasteiger partial charge in [-0.05, 0) is 74.7 Å². The van der Waals surface area contributed by atoms with Crippen molar-refractivity contribution in [2.45, 2.75) is 39.5 Å². The summed E-state index contributed by atoms with van der Waals surface area (Å²) in [6, 6.07) is 15.0. The van der Waals surface area contributed by atoms with Crippen LogP contribution in [0.25, 0.3) is 0 Å². The smallest absolute Gasteiger partial charge is 0.255 e. The summed E-state index contributed by atoms with van der Waals surface area (Å²) in [6.07, 6.45) is 4.29. The molecule has 2 aromatic rings. The predicted octanol–water partition coefficient (Wildman–Crippen LogP) is 4.91. The third-order valence-corrected chi connectivity index (χ3v) is 5.02. The summed E-state index contributed by atoms with van der Waals surface area (Å²) in [5.74, 6) is 0.114. The molecule has 5 heteroatoms. The zero-order valence-corrected chi connectivity index (χ0v) is 16.7. The number of unbranched alkanes of at least 4 members (excludes halogenated alkanes) is 1. The number of nitrogens with zero attached hydrogens (tertiary/aromatic N) is 1. The van der Waals surface area contributed by atoms with Gasteiger partial charge in [0.1, 0.15) is 0 Å². The van der Waals surface area contributed by atoms with Gasteiger partial charge in [0.2, 0.25) is 5.91 Å². The van der Waals surface area contributed by atoms with Gasteiger partial charge >= 0.3 is 0 Å². The van der Waals surface area contributed by atoms with Gasteiger partial charge in [-0.3, -0.25) is 9.59 Å². The second-order valence-electron chi connectivity index (χ2n) is 7.28. The molecule has 0 radical (unpaired) electrons. The van der Waals surface area contributed by atoms with Crippen LogP contribution in [0.2, 0.25) is 0 Å². The van der Waals surface area contributed by atoms with Gasteiger partial charge in [-0.15, -0.1) is 0 Å². The largest absolute Gasteiger partial charge is 0.372 e. The van der Waals surface area contributed by atoms with Gasteiger partial charge in [0.25, 0.3) is 5.91 Å². The first-order valence-electron chi connectivity index (χ1n) is 10.2. The maximum absolute atomic E-state index is 12.5. The van der Waals surface area contributed by atoms with Gasteiger partial charge in [0.05, 0.1) is 0 Å². The van der Waals surface area contributed by atoms with Crippen LogP contribution in [0.3, 0.4) is 0 Å². The van der Waals surface area contributed by atoms with E-state index in [9.17, 15) is 9.59 Å². The van der Waals surface area contributed by atoms with Crippen LogP contribution in [-0.4, -0.2) is 24.9 Å². The summed E-state index contributed by atoms with van der Waals surface area (Å²) in [4.78, 5) is 26.6. The second-order valence-corrected chi connectivity index (χ2v) is 7.28. The molecule has 28 heavy (non-hydrogen) atoms. The Kier molecular flexibility index (Phi) is 6.69. The van der Waals surface area contributed by atoms with E-state index in [0.29, 0.717) is 11.3 Å². The van der Waals surface area contributed by atoms with Crippen LogP contribution in [0, 0.1) is 5.92 Å². The van der Waals surface area contributed by atoms with Crippen LogP contribution in [-0.2, 0) is 4.79 Å². The van der Waals surface area contributed by atoms with E-state index in [1.165, 1.54) is 6.42 Å². The molecule has 5 nitrogen and oxygen atoms in total. The van der Waals surface area contributed by atoms with Gasteiger partial charge < -0.3 is 15.5 Å². The van der Waals surface area contributed by atoms with Crippen molar-refractivity contribution in [2.75, 3.05) is 28.6 Å². The van der Waals surface area contributed by atoms with Gasteiger partial charge in [-0.2, -0.15) is 0 Å². The van der Waals surface area contributed by atoms with E-state index in [1.807, 2.05) is 36.4 Å². The first kappa shape index (κ1) is 19.9. The SMILES string of the molecule is CCCCN(CC)c1ccc(C(=O)Nc2ccc(NC(=O)C3CC3)cc2)cc1. The molecule has 3 rings (SSSR count). The molecule has 1 aliphatic carbocycles. The maximum Gasteiger partial charge on any atom is 0.255 e. The molecule has 148 valence electrons. The van der Waals surface area contributed by atoms with Gasteiger partial charge in [0.15, 0.2) is 0 Å². The van der Waals surface area contributed by atoms with E-state index >= 15 is 0 Å². The average Bonchev–Trinajstić information content (AvgIpc) is 3.56. The minimum absolute atomic E-state index is 0.0805. The Morgan fingerprint density at radius 3 is 2.07 bits per heavy atom. The van der Waals surface area contributed by atoms with Crippen molar-refractivity contribution in [3.8, 4) is 0 Å². The Morgan fingerprint density at radius 1 is 0.929 bits per heavy atom. The third kappa shape index (κ3) is 5.35. The zero-order chi connectivity index (χ0) is 19.9. The van der Waals surface area contributed by atoms with Crippen LogP contribution >= 0.6 is 0 Å². The highest BCUT2D eigenvalue weighted by atomic mass is 16.2. The minimum Gasteiger partial charge on any atom is -0.372 e. The normalized spacial score (nSPS) is 13.1. The number of carbonyl (C=O) groups excluding carboxylic acids is 2. The number of hydrogen-bond acceptors (Lipinski definition) is 3. The Hall–Kier alpha value is -2.82. The molecule has 0 aliphatic heterocycles. The molecule has 0 unspecified atom stereocenters. The number of anilines is 3. The van der Waals surface area contributed by atoms with E-state index < -0.39 is 0 Å². The van der Waals surface area contributed by atoms with Crippen LogP contribution in [0.4, 0.5) is 17.1 Å². The summed E-state index contributed by atoms with van der Waals surface area (Å²) in [7, 11) is 0. The monoisotopic (exact) mass is 379 g/mol. The van der Waals surface area contributed by atoms with E-state index in [2.05, 4.69) is 29.4 Å². The molecule has 1 fully saturated rings. The lowest BCUT2D eigenvalue weighted by Crippen LogP contribution is -2.23. The highest BCUT2D eigenvalue weighted by Gasteiger charge is 2.29. The molecule has 2 amide bonds. The van der Waals surface area contributed by atoms with E-state index in [1.54, 1.807) is 12.1 Å². The Morgan fingerprint density at radius 2 is 1.54 bits per heavy atom. The van der Waals surface area contributed by atoms with Crippen molar-refractivity contribution < 1.29 is 9.59 Å². The molecule has 2 N–H and O–H groups in total. The number of nitrogens with one attached hydrogen (secondary N) is 2. The van der Waals surface area contributed by atoms with Crippen LogP contribution in [0.1, 0.15) is 49.9 Å². The van der Waals surface area contributed by atoms with Crippen LogP contribution < -0.4 is 15.5 Å². The number of rotatable bonds is 9. The number of benzene rings is 2. The first-order valence-corrected chi connectivity index (χ1v) is 10.2. The zero-order valence-electron chi connectivity index (χ0n) is 16.7. The number of carbonyl (C=O) groups is 2. The number of hydrogen-bond donors (Lipinski definition) is 2. The summed E-state index contributed by atoms with van der Waals surface area (Å²) in [6.45, 7) is 6.32. The fourth-order valence-corrected chi connectivity index (χ4v) is 3.07. The fraction of sp³-hybridized carbons (Fsp3) is 0.391. The molecule has 0 heterocycles. The fourth-order valence-electron chi connectivity index (χ4n) is 3.07. The molecule has 0 atom stereocenters. The Labute approximate surface area is 167 Å². The highest BCUT2D eigenvalue weighted by Crippen LogP contribution is 2.30. The van der Waals surface area contributed by atoms with Crippen molar-refractivity contribution in [3.05, 3.63) is 54.1 Å². The lowest BCUT2D eigenvalue weighted by Gasteiger charge is -2.23. The summed E-state index contributed by atoms with van der Waals surface area (Å²) in [5, 5.41) is 5.80. The van der Waals surface area contributed by atoms with E-state index in [0.717, 1.165) is 43.7 Å². The molecule has 2 aromatic carbocycles. The Bertz CT molecular complexity index is 796. The van der Waals surface area contributed by atoms with Gasteiger partial charge in [-0.25, -0.2) is 0 Å². The molecule has 0 aromatic heterocycles. The standard InChI is InChI=1S/C23H29N3O2/c1-3-5-16-26(4-2)21-14-8-18(9-15-21)23(28)25-20-12-10-19(11-13-20)24-22(27)17-6-7-17/h8-15,17H,3-7,16H2,1-2H3,(H,24,27)(H,25,28). The minimum atomic E-state index is -0.141. The lowest BCUT2D eigenvalue weighted by atomic mass is 10.1. The van der Waals surface area contributed by atoms with Crippen molar-refractivity contribution >= 4 is 28.9 Å². The summed E-state index contributed by atoms with van der Waals surface area (Å²) < 4.78 is 0. The molecular formula is C23H29N3O2. The van der Waals surface area contributed by atoms with Crippen molar-refractivity contribution in [1.29, 1.82) is 0 Å². The molecule has 1 saturated carbocycles. The number of amides is 2. The van der Waals surface area contributed by atoms with Crippen molar-refractivity contribution in [3.63, 3.8) is 0 Å². The lowest BCUT2D eigenvalue weighted by molar-refractivity contribution is -0.117. The molecule has 1 aliphatic rings. The highest BCUT2D eigenvalue weighted by molar-refractivity contribution is 6.04. The van der Waals surface area contributed by atoms with Crippen LogP contribution in [0.15, 0.2) is 48.5 Å². The first-order chi connectivity index (χ1) is 13.6. The molecular weight excluding hydrogens is 350 g/mol. The topological polar surface area (TPSA) is 61.4 Å². The van der Waals surface area contributed by atoms with Gasteiger partial charge in [0, 0.05) is 41.6 Å². The second kappa shape index (κ2) is 9.40. The quantitative estimate of drug-likeness (QED) is 0.650. The average molecular weight is 380 g/mol. The molecule has 0 bridgehead atoms. The van der Waals surface area contributed by atoms with E-state index in [-0.39, 0.29) is 17.7 Å². The molecule has 0 spiro atoms. The third-order valence-electron chi connectivity index (χ3n) is 5.02. The molecule has 0 saturated heterocycles. The van der Waals surface area contributed by atoms with Crippen molar-refractivity contribution in [2.24, 2.45) is 5.92 Å². The van der Waals surface area contributed by atoms with Crippen molar-refractivity contribution in [1.82, 2.24) is 0 Å². The Balaban J connectivity index is 1.57. The summed E-state index contributed by atoms with van der Waals surface area (Å²) in [5.41, 5.74) is 3.23. The van der Waals surface area contributed by atoms with Crippen LogP contribution in [0.5, 0.6) is 0 Å².